The van der Waals surface area contributed by atoms with E-state index in [1.54, 1.807) is 24.9 Å². The van der Waals surface area contributed by atoms with Crippen molar-refractivity contribution in [1.29, 1.82) is 0 Å². The van der Waals surface area contributed by atoms with Crippen molar-refractivity contribution < 1.29 is 27.9 Å². The minimum atomic E-state index is -2.86. The van der Waals surface area contributed by atoms with Gasteiger partial charge in [0.05, 0.1) is 18.5 Å². The highest BCUT2D eigenvalue weighted by Crippen LogP contribution is 2.39. The number of pyridine rings is 1. The number of anilines is 1. The number of hydrogen-bond donors (Lipinski definition) is 2. The van der Waals surface area contributed by atoms with Crippen molar-refractivity contribution in [2.45, 2.75) is 50.7 Å². The average Bonchev–Trinajstić information content (AvgIpc) is 2.93. The van der Waals surface area contributed by atoms with Crippen LogP contribution in [-0.4, -0.2) is 67.6 Å². The molecule has 10 nitrogen and oxygen atoms in total. The SMILES string of the molecule is CC(=O)N1CCC(c2cc3c(N[C@H](C)c4cc(C(F)F)cc(C5(F)CN(C(=O)O)C5)c4)ncnc3n(C)c2=O)CC1. The van der Waals surface area contributed by atoms with Crippen molar-refractivity contribution in [3.8, 4) is 0 Å². The first-order chi connectivity index (χ1) is 19.4. The van der Waals surface area contributed by atoms with Gasteiger partial charge in [0.2, 0.25) is 5.91 Å². The first-order valence-corrected chi connectivity index (χ1v) is 13.3. The van der Waals surface area contributed by atoms with Crippen molar-refractivity contribution in [2.24, 2.45) is 7.05 Å². The maximum absolute atomic E-state index is 15.5. The maximum atomic E-state index is 15.5. The summed E-state index contributed by atoms with van der Waals surface area (Å²) < 4.78 is 44.5. The maximum Gasteiger partial charge on any atom is 0.407 e. The van der Waals surface area contributed by atoms with E-state index in [2.05, 4.69) is 15.3 Å². The highest BCUT2D eigenvalue weighted by Gasteiger charge is 2.48. The Morgan fingerprint density at radius 2 is 1.73 bits per heavy atom. The number of likely N-dealkylation sites (tertiary alicyclic amines) is 2. The Morgan fingerprint density at radius 3 is 2.34 bits per heavy atom. The Bertz CT molecular complexity index is 1560. The third-order valence-corrected chi connectivity index (χ3v) is 8.17. The molecule has 2 aliphatic heterocycles. The number of piperidine rings is 1. The second-order valence-electron chi connectivity index (χ2n) is 10.9. The van der Waals surface area contributed by atoms with E-state index in [4.69, 9.17) is 5.11 Å². The zero-order valence-corrected chi connectivity index (χ0v) is 22.9. The number of nitrogens with one attached hydrogen (secondary N) is 1. The molecule has 218 valence electrons. The zero-order valence-electron chi connectivity index (χ0n) is 22.9. The smallest absolute Gasteiger partial charge is 0.407 e. The molecule has 0 aliphatic carbocycles. The minimum Gasteiger partial charge on any atom is -0.465 e. The number of carbonyl (C=O) groups is 2. The molecule has 2 N–H and O–H groups in total. The molecule has 0 radical (unpaired) electrons. The van der Waals surface area contributed by atoms with Crippen molar-refractivity contribution in [3.05, 3.63) is 63.2 Å². The lowest BCUT2D eigenvalue weighted by molar-refractivity contribution is -0.129. The fourth-order valence-electron chi connectivity index (χ4n) is 5.68. The van der Waals surface area contributed by atoms with Crippen LogP contribution in [0.4, 0.5) is 23.8 Å². The highest BCUT2D eigenvalue weighted by molar-refractivity contribution is 5.87. The molecule has 1 aromatic carbocycles. The van der Waals surface area contributed by atoms with E-state index in [-0.39, 0.29) is 28.5 Å². The summed E-state index contributed by atoms with van der Waals surface area (Å²) in [4.78, 5) is 47.4. The van der Waals surface area contributed by atoms with Gasteiger partial charge < -0.3 is 20.2 Å². The van der Waals surface area contributed by atoms with Crippen LogP contribution in [0.15, 0.2) is 35.4 Å². The largest absolute Gasteiger partial charge is 0.465 e. The molecule has 0 bridgehead atoms. The van der Waals surface area contributed by atoms with E-state index in [0.717, 1.165) is 11.0 Å². The highest BCUT2D eigenvalue weighted by atomic mass is 19.3. The Balaban J connectivity index is 1.47. The first-order valence-electron chi connectivity index (χ1n) is 13.3. The van der Waals surface area contributed by atoms with Crippen molar-refractivity contribution in [3.63, 3.8) is 0 Å². The number of aryl methyl sites for hydroxylation is 1. The molecular weight excluding hydrogens is 541 g/mol. The van der Waals surface area contributed by atoms with Gasteiger partial charge in [-0.3, -0.25) is 14.2 Å². The number of fused-ring (bicyclic) bond motifs is 1. The standard InChI is InChI=1S/C28H31F3N6O4/c1-15(18-8-19(23(29)30)10-20(9-18)28(31)12-37(13-28)27(40)41)34-24-22-11-21(17-4-6-36(7-5-17)16(2)38)26(39)35(3)25(22)33-14-32-24/h8-11,14-15,17,23H,4-7,12-13H2,1-3H3,(H,40,41)(H,32,33,34)/t15-/m1/s1. The average molecular weight is 573 g/mol. The minimum absolute atomic E-state index is 0.00184. The van der Waals surface area contributed by atoms with Crippen molar-refractivity contribution in [1.82, 2.24) is 24.3 Å². The molecule has 2 aliphatic rings. The summed E-state index contributed by atoms with van der Waals surface area (Å²) in [5.74, 6) is 0.316. The molecule has 4 heterocycles. The lowest BCUT2D eigenvalue weighted by Crippen LogP contribution is -2.58. The molecule has 0 unspecified atom stereocenters. The summed E-state index contributed by atoms with van der Waals surface area (Å²) in [6.45, 7) is 3.48. The molecule has 5 rings (SSSR count). The summed E-state index contributed by atoms with van der Waals surface area (Å²) in [6, 6.07) is 4.99. The summed E-state index contributed by atoms with van der Waals surface area (Å²) in [5, 5.41) is 12.9. The number of carboxylic acid groups (broad SMARTS) is 1. The molecule has 2 amide bonds. The second kappa shape index (κ2) is 10.7. The second-order valence-corrected chi connectivity index (χ2v) is 10.9. The Hall–Kier alpha value is -4.16. The number of alkyl halides is 3. The van der Waals surface area contributed by atoms with Gasteiger partial charge in [0.25, 0.3) is 12.0 Å². The normalized spacial score (nSPS) is 17.9. The van der Waals surface area contributed by atoms with Crippen LogP contribution in [0.1, 0.15) is 67.3 Å². The molecule has 13 heteroatoms. The van der Waals surface area contributed by atoms with E-state index in [1.165, 1.54) is 30.0 Å². The Morgan fingerprint density at radius 1 is 1.07 bits per heavy atom. The van der Waals surface area contributed by atoms with Gasteiger partial charge in [-0.1, -0.05) is 6.07 Å². The van der Waals surface area contributed by atoms with Gasteiger partial charge >= 0.3 is 6.09 Å². The van der Waals surface area contributed by atoms with Gasteiger partial charge in [-0.15, -0.1) is 0 Å². The molecule has 41 heavy (non-hydrogen) atoms. The van der Waals surface area contributed by atoms with Crippen LogP contribution in [0, 0.1) is 0 Å². The van der Waals surface area contributed by atoms with Crippen molar-refractivity contribution >= 4 is 28.9 Å². The lowest BCUT2D eigenvalue weighted by atomic mass is 9.85. The summed E-state index contributed by atoms with van der Waals surface area (Å²) in [7, 11) is 1.62. The van der Waals surface area contributed by atoms with E-state index < -0.39 is 37.3 Å². The topological polar surface area (TPSA) is 121 Å². The number of carbonyl (C=O) groups excluding carboxylic acids is 1. The number of halogens is 3. The van der Waals surface area contributed by atoms with Crippen LogP contribution in [0.2, 0.25) is 0 Å². The zero-order chi connectivity index (χ0) is 29.6. The van der Waals surface area contributed by atoms with Gasteiger partial charge in [0, 0.05) is 44.2 Å². The van der Waals surface area contributed by atoms with Crippen LogP contribution in [0.5, 0.6) is 0 Å². The first kappa shape index (κ1) is 28.4. The number of amides is 2. The van der Waals surface area contributed by atoms with Crippen LogP contribution in [0.3, 0.4) is 0 Å². The summed E-state index contributed by atoms with van der Waals surface area (Å²) in [6.07, 6.45) is -1.55. The fraction of sp³-hybridized carbons (Fsp3) is 0.464. The summed E-state index contributed by atoms with van der Waals surface area (Å²) in [5.41, 5.74) is -1.28. The molecule has 2 saturated heterocycles. The van der Waals surface area contributed by atoms with E-state index >= 15 is 4.39 Å². The van der Waals surface area contributed by atoms with Gasteiger partial charge in [0.1, 0.15) is 17.8 Å². The van der Waals surface area contributed by atoms with E-state index in [9.17, 15) is 23.2 Å². The van der Waals surface area contributed by atoms with Gasteiger partial charge in [-0.2, -0.15) is 0 Å². The van der Waals surface area contributed by atoms with Crippen LogP contribution in [0.25, 0.3) is 11.0 Å². The number of rotatable bonds is 6. The van der Waals surface area contributed by atoms with Crippen LogP contribution >= 0.6 is 0 Å². The number of hydrogen-bond acceptors (Lipinski definition) is 6. The van der Waals surface area contributed by atoms with Gasteiger partial charge in [-0.05, 0) is 55.0 Å². The number of aromatic nitrogens is 3. The monoisotopic (exact) mass is 572 g/mol. The molecular formula is C28H31F3N6O4. The van der Waals surface area contributed by atoms with Crippen LogP contribution in [-0.2, 0) is 17.5 Å². The number of benzene rings is 1. The number of nitrogens with zero attached hydrogens (tertiary/aromatic N) is 5. The molecule has 3 aromatic rings. The molecule has 0 spiro atoms. The van der Waals surface area contributed by atoms with E-state index in [1.807, 2.05) is 0 Å². The molecule has 2 aromatic heterocycles. The van der Waals surface area contributed by atoms with Crippen molar-refractivity contribution in [2.75, 3.05) is 31.5 Å². The molecule has 2 fully saturated rings. The quantitative estimate of drug-likeness (QED) is 0.451. The Labute approximate surface area is 233 Å². The summed E-state index contributed by atoms with van der Waals surface area (Å²) >= 11 is 0. The molecule has 1 atom stereocenters. The van der Waals surface area contributed by atoms with Crippen LogP contribution < -0.4 is 10.9 Å². The van der Waals surface area contributed by atoms with E-state index in [0.29, 0.717) is 53.9 Å². The third-order valence-electron chi connectivity index (χ3n) is 8.17. The van der Waals surface area contributed by atoms with Gasteiger partial charge in [-0.25, -0.2) is 27.9 Å². The third kappa shape index (κ3) is 5.32. The lowest BCUT2D eigenvalue weighted by Gasteiger charge is -2.43. The predicted octanol–water partition coefficient (Wildman–Crippen LogP) is 4.32. The fourth-order valence-corrected chi connectivity index (χ4v) is 5.68. The van der Waals surface area contributed by atoms with Gasteiger partial charge in [0.15, 0.2) is 5.67 Å². The molecule has 0 saturated carbocycles. The predicted molar refractivity (Wildman–Crippen MR) is 145 cm³/mol. The Kier molecular flexibility index (Phi) is 7.39.